The fraction of sp³-hybridized carbons (Fsp3) is 0.667. The number of rotatable bonds is 6. The first-order chi connectivity index (χ1) is 11.0. The highest BCUT2D eigenvalue weighted by molar-refractivity contribution is 5.64. The van der Waals surface area contributed by atoms with Crippen LogP contribution in [-0.2, 0) is 6.42 Å². The van der Waals surface area contributed by atoms with Crippen LogP contribution in [0.4, 0.5) is 11.4 Å². The molecule has 3 N–H and O–H groups in total. The standard InChI is InChI=1S/C18H32N5/c1-23(2)13-11-21(12-14-23)9-6-20-7-10-22-8-5-16-3-4-17(19)15-18(16)22/h3-4,15,20H,5-14,19H2,1-2H3/q+1. The molecule has 2 heterocycles. The van der Waals surface area contributed by atoms with Gasteiger partial charge in [-0.15, -0.1) is 0 Å². The van der Waals surface area contributed by atoms with Gasteiger partial charge in [0.05, 0.1) is 27.2 Å². The molecule has 5 nitrogen and oxygen atoms in total. The molecule has 0 bridgehead atoms. The Hall–Kier alpha value is -1.30. The van der Waals surface area contributed by atoms with Gasteiger partial charge >= 0.3 is 0 Å². The van der Waals surface area contributed by atoms with Gasteiger partial charge in [0, 0.05) is 57.2 Å². The van der Waals surface area contributed by atoms with Crippen molar-refractivity contribution in [1.82, 2.24) is 10.2 Å². The van der Waals surface area contributed by atoms with E-state index < -0.39 is 0 Å². The molecule has 3 rings (SSSR count). The zero-order valence-corrected chi connectivity index (χ0v) is 14.7. The molecule has 0 spiro atoms. The number of fused-ring (bicyclic) bond motifs is 1. The molecule has 0 unspecified atom stereocenters. The smallest absolute Gasteiger partial charge is 0.0912 e. The van der Waals surface area contributed by atoms with Crippen molar-refractivity contribution in [2.45, 2.75) is 6.42 Å². The number of benzene rings is 1. The third-order valence-electron chi connectivity index (χ3n) is 5.31. The van der Waals surface area contributed by atoms with Crippen LogP contribution in [0.25, 0.3) is 0 Å². The highest BCUT2D eigenvalue weighted by Gasteiger charge is 2.23. The van der Waals surface area contributed by atoms with Crippen molar-refractivity contribution in [3.63, 3.8) is 0 Å². The van der Waals surface area contributed by atoms with E-state index in [0.717, 1.165) is 38.3 Å². The first-order valence-electron chi connectivity index (χ1n) is 8.92. The molecule has 0 aliphatic carbocycles. The lowest BCUT2D eigenvalue weighted by atomic mass is 10.1. The second-order valence-electron chi connectivity index (χ2n) is 7.60. The van der Waals surface area contributed by atoms with Crippen molar-refractivity contribution < 1.29 is 4.48 Å². The van der Waals surface area contributed by atoms with Gasteiger partial charge in [0.25, 0.3) is 0 Å². The minimum absolute atomic E-state index is 0.870. The van der Waals surface area contributed by atoms with E-state index in [1.54, 1.807) is 0 Å². The number of quaternary nitrogens is 1. The van der Waals surface area contributed by atoms with Gasteiger partial charge in [-0.1, -0.05) is 6.07 Å². The highest BCUT2D eigenvalue weighted by Crippen LogP contribution is 2.29. The van der Waals surface area contributed by atoms with E-state index in [-0.39, 0.29) is 0 Å². The summed E-state index contributed by atoms with van der Waals surface area (Å²) in [5.41, 5.74) is 9.57. The first kappa shape index (κ1) is 16.6. The van der Waals surface area contributed by atoms with E-state index in [4.69, 9.17) is 5.73 Å². The van der Waals surface area contributed by atoms with E-state index in [1.807, 2.05) is 6.07 Å². The summed E-state index contributed by atoms with van der Waals surface area (Å²) >= 11 is 0. The number of likely N-dealkylation sites (N-methyl/N-ethyl adjacent to an activating group) is 1. The number of nitrogens with two attached hydrogens (primary N) is 1. The largest absolute Gasteiger partial charge is 0.399 e. The van der Waals surface area contributed by atoms with E-state index in [2.05, 4.69) is 41.3 Å². The predicted octanol–water partition coefficient (Wildman–Crippen LogP) is 0.613. The van der Waals surface area contributed by atoms with Crippen LogP contribution in [0.5, 0.6) is 0 Å². The second kappa shape index (κ2) is 7.07. The molecule has 128 valence electrons. The summed E-state index contributed by atoms with van der Waals surface area (Å²) in [7, 11) is 4.66. The Balaban J connectivity index is 1.33. The Labute approximate surface area is 140 Å². The van der Waals surface area contributed by atoms with Crippen LogP contribution in [0.15, 0.2) is 18.2 Å². The lowest BCUT2D eigenvalue weighted by Crippen LogP contribution is -2.55. The molecule has 23 heavy (non-hydrogen) atoms. The Morgan fingerprint density at radius 2 is 1.83 bits per heavy atom. The zero-order valence-electron chi connectivity index (χ0n) is 14.7. The van der Waals surface area contributed by atoms with E-state index >= 15 is 0 Å². The molecular formula is C18H32N5+. The third-order valence-corrected chi connectivity index (χ3v) is 5.31. The molecule has 1 fully saturated rings. The molecule has 1 aromatic rings. The van der Waals surface area contributed by atoms with Gasteiger partial charge in [-0.25, -0.2) is 0 Å². The second-order valence-corrected chi connectivity index (χ2v) is 7.60. The number of hydrogen-bond acceptors (Lipinski definition) is 4. The summed E-state index contributed by atoms with van der Waals surface area (Å²) in [6, 6.07) is 6.31. The summed E-state index contributed by atoms with van der Waals surface area (Å²) in [6.45, 7) is 10.5. The fourth-order valence-electron chi connectivity index (χ4n) is 3.54. The van der Waals surface area contributed by atoms with Crippen molar-refractivity contribution in [3.8, 4) is 0 Å². The summed E-state index contributed by atoms with van der Waals surface area (Å²) in [5, 5.41) is 3.61. The Kier molecular flexibility index (Phi) is 5.09. The summed E-state index contributed by atoms with van der Waals surface area (Å²) in [5.74, 6) is 0. The van der Waals surface area contributed by atoms with Crippen molar-refractivity contribution in [2.75, 3.05) is 83.6 Å². The molecule has 0 radical (unpaired) electrons. The number of hydrogen-bond donors (Lipinski definition) is 2. The Bertz CT molecular complexity index is 518. The predicted molar refractivity (Wildman–Crippen MR) is 97.9 cm³/mol. The van der Waals surface area contributed by atoms with Crippen LogP contribution in [0.3, 0.4) is 0 Å². The van der Waals surface area contributed by atoms with Gasteiger partial charge in [0.15, 0.2) is 0 Å². The summed E-state index contributed by atoms with van der Waals surface area (Å²) in [4.78, 5) is 5.04. The lowest BCUT2D eigenvalue weighted by Gasteiger charge is -2.39. The first-order valence-corrected chi connectivity index (χ1v) is 8.92. The maximum Gasteiger partial charge on any atom is 0.0912 e. The van der Waals surface area contributed by atoms with E-state index in [9.17, 15) is 0 Å². The summed E-state index contributed by atoms with van der Waals surface area (Å²) < 4.78 is 1.17. The van der Waals surface area contributed by atoms with Crippen molar-refractivity contribution in [2.24, 2.45) is 0 Å². The molecule has 0 amide bonds. The molecular weight excluding hydrogens is 286 g/mol. The maximum atomic E-state index is 5.92. The molecule has 2 aliphatic rings. The van der Waals surface area contributed by atoms with Crippen molar-refractivity contribution in [3.05, 3.63) is 23.8 Å². The minimum atomic E-state index is 0.870. The normalized spacial score (nSPS) is 20.7. The summed E-state index contributed by atoms with van der Waals surface area (Å²) in [6.07, 6.45) is 1.15. The lowest BCUT2D eigenvalue weighted by molar-refractivity contribution is -0.894. The number of nitrogens with zero attached hydrogens (tertiary/aromatic N) is 3. The van der Waals surface area contributed by atoms with Gasteiger partial charge < -0.3 is 20.4 Å². The molecule has 0 atom stereocenters. The van der Waals surface area contributed by atoms with Gasteiger partial charge in [-0.3, -0.25) is 4.90 Å². The van der Waals surface area contributed by atoms with Gasteiger partial charge in [-0.05, 0) is 24.1 Å². The van der Waals surface area contributed by atoms with Crippen molar-refractivity contribution >= 4 is 11.4 Å². The van der Waals surface area contributed by atoms with Crippen LogP contribution < -0.4 is 16.0 Å². The molecule has 1 saturated heterocycles. The molecule has 2 aliphatic heterocycles. The minimum Gasteiger partial charge on any atom is -0.399 e. The average Bonchev–Trinajstić information content (AvgIpc) is 2.91. The van der Waals surface area contributed by atoms with Crippen molar-refractivity contribution in [1.29, 1.82) is 0 Å². The Morgan fingerprint density at radius 1 is 1.09 bits per heavy atom. The van der Waals surface area contributed by atoms with Gasteiger partial charge in [0.2, 0.25) is 0 Å². The van der Waals surface area contributed by atoms with E-state index in [0.29, 0.717) is 0 Å². The zero-order chi connectivity index (χ0) is 16.3. The molecule has 1 aromatic carbocycles. The quantitative estimate of drug-likeness (QED) is 0.458. The van der Waals surface area contributed by atoms with Crippen LogP contribution in [0.2, 0.25) is 0 Å². The molecule has 0 saturated carbocycles. The topological polar surface area (TPSA) is 44.5 Å². The maximum absolute atomic E-state index is 5.92. The van der Waals surface area contributed by atoms with Crippen LogP contribution >= 0.6 is 0 Å². The average molecular weight is 318 g/mol. The van der Waals surface area contributed by atoms with Gasteiger partial charge in [0.1, 0.15) is 0 Å². The van der Waals surface area contributed by atoms with Crippen LogP contribution in [-0.4, -0.2) is 82.4 Å². The third kappa shape index (κ3) is 4.37. The van der Waals surface area contributed by atoms with Crippen LogP contribution in [0, 0.1) is 0 Å². The Morgan fingerprint density at radius 3 is 2.61 bits per heavy atom. The van der Waals surface area contributed by atoms with E-state index in [1.165, 1.54) is 48.5 Å². The monoisotopic (exact) mass is 318 g/mol. The number of anilines is 2. The van der Waals surface area contributed by atoms with Crippen LogP contribution in [0.1, 0.15) is 5.56 Å². The number of nitrogens with one attached hydrogen (secondary N) is 1. The highest BCUT2D eigenvalue weighted by atomic mass is 15.4. The number of piperazine rings is 1. The van der Waals surface area contributed by atoms with Gasteiger partial charge in [-0.2, -0.15) is 0 Å². The SMILES string of the molecule is C[N+]1(C)CCN(CCNCCN2CCc3ccc(N)cc32)CC1. The fourth-order valence-corrected chi connectivity index (χ4v) is 3.54. The number of nitrogen functional groups attached to an aromatic ring is 1. The molecule has 0 aromatic heterocycles. The molecule has 5 heteroatoms.